The zero-order valence-corrected chi connectivity index (χ0v) is 47.5. The number of unbranched alkanes of at least 4 members (excludes halogenated alkanes) is 25. The molecule has 71 heavy (non-hydrogen) atoms. The topological polar surface area (TPSA) is 108 Å². The molecule has 0 heterocycles. The Hall–Kier alpha value is -2.58. The maximum absolute atomic E-state index is 12.9. The predicted octanol–water partition coefficient (Wildman–Crippen LogP) is 17.2. The molecule has 0 bridgehead atoms. The fourth-order valence-corrected chi connectivity index (χ4v) is 8.74. The zero-order valence-electron chi connectivity index (χ0n) is 46.6. The van der Waals surface area contributed by atoms with Gasteiger partial charge in [-0.15, -0.1) is 0 Å². The van der Waals surface area contributed by atoms with Crippen molar-refractivity contribution >= 4 is 13.7 Å². The van der Waals surface area contributed by atoms with E-state index in [1.807, 2.05) is 27.2 Å². The zero-order chi connectivity index (χ0) is 52.0. The quantitative estimate of drug-likeness (QED) is 0.0272. The summed E-state index contributed by atoms with van der Waals surface area (Å²) in [5, 5.41) is 13.8. The summed E-state index contributed by atoms with van der Waals surface area (Å²) in [4.78, 5) is 25.4. The lowest BCUT2D eigenvalue weighted by atomic mass is 10.0. The summed E-state index contributed by atoms with van der Waals surface area (Å²) in [7, 11) is 1.26. The summed E-state index contributed by atoms with van der Waals surface area (Å²) < 4.78 is 23.2. The molecule has 1 amide bonds. The first-order valence-corrected chi connectivity index (χ1v) is 30.6. The van der Waals surface area contributed by atoms with Gasteiger partial charge in [0, 0.05) is 6.42 Å². The highest BCUT2D eigenvalue weighted by Crippen LogP contribution is 2.38. The van der Waals surface area contributed by atoms with Crippen LogP contribution in [0.3, 0.4) is 0 Å². The predicted molar refractivity (Wildman–Crippen MR) is 306 cm³/mol. The SMILES string of the molecule is CC/C=C\C/C=C\C/C=C\C/C=C\C/C=C\C/C=C\C/C=C\CCCCCCCCCCCCCCCCCCCC(=O)NC(COP(=O)([O-])OCC[N+](C)(C)C)C(O)/C=C/CCCCCCCCCC. The van der Waals surface area contributed by atoms with Gasteiger partial charge in [-0.2, -0.15) is 0 Å². The molecule has 0 aliphatic heterocycles. The molecule has 3 atom stereocenters. The van der Waals surface area contributed by atoms with E-state index in [9.17, 15) is 19.4 Å². The van der Waals surface area contributed by atoms with Crippen molar-refractivity contribution in [1.82, 2.24) is 5.32 Å². The molecule has 0 saturated heterocycles. The summed E-state index contributed by atoms with van der Waals surface area (Å²) in [5.74, 6) is -0.201. The van der Waals surface area contributed by atoms with Crippen molar-refractivity contribution in [3.05, 3.63) is 97.2 Å². The lowest BCUT2D eigenvalue weighted by Crippen LogP contribution is -2.45. The molecule has 0 aromatic rings. The fourth-order valence-electron chi connectivity index (χ4n) is 8.02. The monoisotopic (exact) mass is 1010 g/mol. The van der Waals surface area contributed by atoms with Crippen LogP contribution in [0.5, 0.6) is 0 Å². The number of phosphoric acid groups is 1. The molecule has 0 aromatic heterocycles. The van der Waals surface area contributed by atoms with E-state index in [0.717, 1.165) is 83.5 Å². The highest BCUT2D eigenvalue weighted by molar-refractivity contribution is 7.45. The van der Waals surface area contributed by atoms with Crippen molar-refractivity contribution in [3.63, 3.8) is 0 Å². The molecule has 0 spiro atoms. The molecule has 0 saturated carbocycles. The van der Waals surface area contributed by atoms with Gasteiger partial charge < -0.3 is 28.8 Å². The van der Waals surface area contributed by atoms with Gasteiger partial charge in [-0.25, -0.2) is 0 Å². The van der Waals surface area contributed by atoms with Gasteiger partial charge in [-0.1, -0.05) is 252 Å². The molecule has 9 heteroatoms. The van der Waals surface area contributed by atoms with Crippen molar-refractivity contribution in [2.75, 3.05) is 40.9 Å². The van der Waals surface area contributed by atoms with E-state index in [1.54, 1.807) is 6.08 Å². The number of nitrogens with zero attached hydrogens (tertiary/aromatic N) is 1. The molecule has 2 N–H and O–H groups in total. The molecule has 0 aromatic carbocycles. The highest BCUT2D eigenvalue weighted by Gasteiger charge is 2.23. The molecule has 0 fully saturated rings. The lowest BCUT2D eigenvalue weighted by Gasteiger charge is -2.29. The molecule has 0 aliphatic carbocycles. The summed E-state index contributed by atoms with van der Waals surface area (Å²) in [6, 6.07) is -0.888. The van der Waals surface area contributed by atoms with Crippen molar-refractivity contribution in [3.8, 4) is 0 Å². The maximum atomic E-state index is 12.9. The van der Waals surface area contributed by atoms with Crippen LogP contribution in [0.4, 0.5) is 0 Å². The summed E-state index contributed by atoms with van der Waals surface area (Å²) in [6.07, 6.45) is 75.1. The number of carbonyl (C=O) groups is 1. The lowest BCUT2D eigenvalue weighted by molar-refractivity contribution is -0.870. The molecule has 0 radical (unpaired) electrons. The van der Waals surface area contributed by atoms with Crippen LogP contribution in [0.1, 0.15) is 239 Å². The summed E-state index contributed by atoms with van der Waals surface area (Å²) in [6.45, 7) is 4.51. The van der Waals surface area contributed by atoms with Gasteiger partial charge in [0.15, 0.2) is 0 Å². The fraction of sp³-hybridized carbons (Fsp3) is 0.726. The maximum Gasteiger partial charge on any atom is 0.268 e. The van der Waals surface area contributed by atoms with Crippen molar-refractivity contribution in [2.45, 2.75) is 251 Å². The number of quaternary nitrogens is 1. The van der Waals surface area contributed by atoms with Crippen LogP contribution >= 0.6 is 7.82 Å². The number of amides is 1. The number of carbonyl (C=O) groups excluding carboxylic acids is 1. The summed E-state index contributed by atoms with van der Waals surface area (Å²) >= 11 is 0. The van der Waals surface area contributed by atoms with Crippen LogP contribution in [0, 0.1) is 0 Å². The van der Waals surface area contributed by atoms with Crippen LogP contribution in [0.2, 0.25) is 0 Å². The molecule has 8 nitrogen and oxygen atoms in total. The first-order valence-electron chi connectivity index (χ1n) is 29.1. The Morgan fingerprint density at radius 2 is 0.859 bits per heavy atom. The minimum absolute atomic E-state index is 0.00326. The van der Waals surface area contributed by atoms with Crippen LogP contribution < -0.4 is 10.2 Å². The number of likely N-dealkylation sites (N-methyl/N-ethyl adjacent to an activating group) is 1. The van der Waals surface area contributed by atoms with E-state index in [4.69, 9.17) is 9.05 Å². The normalized spacial score (nSPS) is 14.6. The second kappa shape index (κ2) is 52.3. The van der Waals surface area contributed by atoms with Crippen molar-refractivity contribution < 1.29 is 32.9 Å². The van der Waals surface area contributed by atoms with Gasteiger partial charge in [-0.05, 0) is 77.0 Å². The third-order valence-electron chi connectivity index (χ3n) is 12.5. The standard InChI is InChI=1S/C62H111N2O6P/c1-6-8-10-12-14-16-18-19-20-21-22-23-24-25-26-27-28-29-30-31-32-33-34-35-36-37-38-39-40-41-42-43-44-45-46-48-50-52-54-56-62(66)63-60(59-70-71(67,68)69-58-57-64(3,4)5)61(65)55-53-51-49-47-17-15-13-11-9-7-2/h8,10,14,16,19-20,22-23,25-26,28-29,31-32,53,55,60-61,65H,6-7,9,11-13,15,17-18,21,24,27,30,33-52,54,56-59H2,1-5H3,(H-,63,66,67,68)/b10-8-,16-14-,20-19-,23-22-,26-25-,29-28-,32-31-,55-53+. The van der Waals surface area contributed by atoms with Gasteiger partial charge in [0.1, 0.15) is 13.2 Å². The van der Waals surface area contributed by atoms with Gasteiger partial charge >= 0.3 is 0 Å². The van der Waals surface area contributed by atoms with E-state index in [0.29, 0.717) is 17.4 Å². The van der Waals surface area contributed by atoms with Gasteiger partial charge in [0.25, 0.3) is 7.82 Å². The van der Waals surface area contributed by atoms with E-state index >= 15 is 0 Å². The number of hydrogen-bond acceptors (Lipinski definition) is 6. The Bertz CT molecular complexity index is 1470. The number of allylic oxidation sites excluding steroid dienone is 15. The van der Waals surface area contributed by atoms with E-state index in [-0.39, 0.29) is 19.1 Å². The average Bonchev–Trinajstić information content (AvgIpc) is 3.33. The number of phosphoric ester groups is 1. The molecular weight excluding hydrogens is 900 g/mol. The molecule has 410 valence electrons. The highest BCUT2D eigenvalue weighted by atomic mass is 31.2. The third-order valence-corrected chi connectivity index (χ3v) is 13.5. The summed E-state index contributed by atoms with van der Waals surface area (Å²) in [5.41, 5.74) is 0. The smallest absolute Gasteiger partial charge is 0.268 e. The number of hydrogen-bond donors (Lipinski definition) is 2. The van der Waals surface area contributed by atoms with Gasteiger partial charge in [0.2, 0.25) is 5.91 Å². The van der Waals surface area contributed by atoms with Gasteiger partial charge in [-0.3, -0.25) is 9.36 Å². The van der Waals surface area contributed by atoms with E-state index < -0.39 is 20.0 Å². The van der Waals surface area contributed by atoms with Crippen LogP contribution in [-0.4, -0.2) is 68.5 Å². The van der Waals surface area contributed by atoms with Crippen LogP contribution in [0.25, 0.3) is 0 Å². The Kier molecular flexibility index (Phi) is 50.4. The average molecular weight is 1010 g/mol. The second-order valence-corrected chi connectivity index (χ2v) is 22.0. The Morgan fingerprint density at radius 3 is 1.25 bits per heavy atom. The Balaban J connectivity index is 3.93. The van der Waals surface area contributed by atoms with Crippen molar-refractivity contribution in [2.24, 2.45) is 0 Å². The molecule has 3 unspecified atom stereocenters. The Labute approximate surface area is 439 Å². The van der Waals surface area contributed by atoms with Crippen LogP contribution in [0.15, 0.2) is 97.2 Å². The minimum atomic E-state index is -4.59. The van der Waals surface area contributed by atoms with E-state index in [1.165, 1.54) is 135 Å². The number of rotatable bonds is 52. The van der Waals surface area contributed by atoms with Crippen molar-refractivity contribution in [1.29, 1.82) is 0 Å². The number of aliphatic hydroxyl groups excluding tert-OH is 1. The van der Waals surface area contributed by atoms with E-state index in [2.05, 4.69) is 104 Å². The number of aliphatic hydroxyl groups is 1. The second-order valence-electron chi connectivity index (χ2n) is 20.6. The largest absolute Gasteiger partial charge is 0.756 e. The minimum Gasteiger partial charge on any atom is -0.756 e. The van der Waals surface area contributed by atoms with Crippen LogP contribution in [-0.2, 0) is 18.4 Å². The molecule has 0 rings (SSSR count). The first-order chi connectivity index (χ1) is 34.5. The first kappa shape index (κ1) is 68.4. The number of nitrogens with one attached hydrogen (secondary N) is 1. The molecule has 0 aliphatic rings. The van der Waals surface area contributed by atoms with Gasteiger partial charge in [0.05, 0.1) is 39.9 Å². The molecular formula is C62H111N2O6P. The third kappa shape index (κ3) is 55.0. The Morgan fingerprint density at radius 1 is 0.507 bits per heavy atom.